The molecule has 3 heterocycles. The lowest BCUT2D eigenvalue weighted by Crippen LogP contribution is -2.36. The number of carboxylic acid groups (broad SMARTS) is 1. The number of nitrogens with two attached hydrogens (primary N) is 1. The summed E-state index contributed by atoms with van der Waals surface area (Å²) >= 11 is 0. The summed E-state index contributed by atoms with van der Waals surface area (Å²) < 4.78 is 16.7. The van der Waals surface area contributed by atoms with Crippen molar-refractivity contribution in [2.24, 2.45) is 16.3 Å². The van der Waals surface area contributed by atoms with Crippen molar-refractivity contribution in [1.29, 1.82) is 0 Å². The maximum Gasteiger partial charge on any atom is 0.341 e. The summed E-state index contributed by atoms with van der Waals surface area (Å²) in [6.07, 6.45) is 3.02. The number of nitrogens with zero attached hydrogens (tertiary/aromatic N) is 4. The van der Waals surface area contributed by atoms with Gasteiger partial charge in [0.1, 0.15) is 18.3 Å². The monoisotopic (exact) mass is 419 g/mol. The van der Waals surface area contributed by atoms with Gasteiger partial charge in [-0.05, 0) is 18.9 Å². The molecule has 162 valence electrons. The van der Waals surface area contributed by atoms with Crippen LogP contribution < -0.4 is 16.1 Å². The van der Waals surface area contributed by atoms with Crippen LogP contribution in [0.3, 0.4) is 0 Å². The van der Waals surface area contributed by atoms with Crippen molar-refractivity contribution >= 4 is 28.5 Å². The highest BCUT2D eigenvalue weighted by molar-refractivity contribution is 5.97. The molecule has 1 saturated carbocycles. The number of hydrogen-bond donors (Lipinski definition) is 2. The summed E-state index contributed by atoms with van der Waals surface area (Å²) in [5, 5.41) is 13.3. The van der Waals surface area contributed by atoms with Gasteiger partial charge in [-0.15, -0.1) is 0 Å². The molecule has 0 aromatic carbocycles. The highest BCUT2D eigenvalue weighted by Crippen LogP contribution is 2.38. The summed E-state index contributed by atoms with van der Waals surface area (Å²) in [5.74, 6) is -1.96. The van der Waals surface area contributed by atoms with E-state index < -0.39 is 22.6 Å². The van der Waals surface area contributed by atoms with Gasteiger partial charge in [-0.25, -0.2) is 14.2 Å². The zero-order valence-corrected chi connectivity index (χ0v) is 16.2. The molecule has 0 amide bonds. The van der Waals surface area contributed by atoms with Crippen molar-refractivity contribution in [3.05, 3.63) is 33.9 Å². The van der Waals surface area contributed by atoms with Crippen molar-refractivity contribution in [1.82, 2.24) is 9.55 Å². The quantitative estimate of drug-likeness (QED) is 0.711. The van der Waals surface area contributed by atoms with Gasteiger partial charge >= 0.3 is 5.97 Å². The minimum absolute atomic E-state index is 0. The zero-order chi connectivity index (χ0) is 20.9. The van der Waals surface area contributed by atoms with E-state index in [0.29, 0.717) is 18.8 Å². The Morgan fingerprint density at radius 3 is 2.77 bits per heavy atom. The van der Waals surface area contributed by atoms with Crippen LogP contribution in [-0.4, -0.2) is 53.1 Å². The van der Waals surface area contributed by atoms with E-state index in [1.807, 2.05) is 6.92 Å². The molecule has 9 nitrogen and oxygen atoms in total. The molecule has 1 aliphatic heterocycles. The fourth-order valence-electron chi connectivity index (χ4n) is 3.76. The number of rotatable bonds is 5. The Morgan fingerprint density at radius 1 is 1.50 bits per heavy atom. The van der Waals surface area contributed by atoms with Gasteiger partial charge in [-0.1, -0.05) is 19.5 Å². The molecular weight excluding hydrogens is 393 g/mol. The Kier molecular flexibility index (Phi) is 5.55. The smallest absolute Gasteiger partial charge is 0.341 e. The summed E-state index contributed by atoms with van der Waals surface area (Å²) in [6, 6.07) is 1.14. The van der Waals surface area contributed by atoms with E-state index in [9.17, 15) is 19.1 Å². The number of carboxylic acids is 1. The van der Waals surface area contributed by atoms with Crippen LogP contribution in [0.1, 0.15) is 43.6 Å². The van der Waals surface area contributed by atoms with Crippen LogP contribution in [0.25, 0.3) is 11.0 Å². The van der Waals surface area contributed by atoms with Crippen LogP contribution in [0.15, 0.2) is 22.2 Å². The highest BCUT2D eigenvalue weighted by atomic mass is 19.1. The van der Waals surface area contributed by atoms with Crippen LogP contribution in [0.2, 0.25) is 0 Å². The standard InChI is InChI=1S/C19H22FN5O4.CH4/c1-19(8-21)9-24(7-14(19)23-29-2)17-13(20)5-11-15(26)12(18(27)28)6-25(10-3-4-10)16(11)22-17;/h5-6,10H,3-4,7-9,21H2,1-2H3,(H,27,28);1H4/b23-14-;/t19-;/m1./s1. The number of hydrogen-bond acceptors (Lipinski definition) is 7. The molecule has 3 N–H and O–H groups in total. The van der Waals surface area contributed by atoms with E-state index in [4.69, 9.17) is 10.6 Å². The molecule has 4 rings (SSSR count). The van der Waals surface area contributed by atoms with Crippen LogP contribution >= 0.6 is 0 Å². The normalized spacial score (nSPS) is 22.4. The average molecular weight is 419 g/mol. The summed E-state index contributed by atoms with van der Waals surface area (Å²) in [4.78, 5) is 35.1. The molecule has 2 aliphatic rings. The van der Waals surface area contributed by atoms with Gasteiger partial charge in [-0.3, -0.25) is 4.79 Å². The first-order valence-corrected chi connectivity index (χ1v) is 9.33. The maximum absolute atomic E-state index is 15.0. The summed E-state index contributed by atoms with van der Waals surface area (Å²) in [7, 11) is 1.44. The number of oxime groups is 1. The lowest BCUT2D eigenvalue weighted by molar-refractivity contribution is 0.0695. The van der Waals surface area contributed by atoms with Crippen LogP contribution in [-0.2, 0) is 4.84 Å². The fraction of sp³-hybridized carbons (Fsp3) is 0.500. The number of anilines is 1. The molecule has 0 radical (unpaired) electrons. The third-order valence-electron chi connectivity index (χ3n) is 5.64. The lowest BCUT2D eigenvalue weighted by atomic mass is 9.88. The first-order chi connectivity index (χ1) is 13.8. The van der Waals surface area contributed by atoms with Gasteiger partial charge in [-0.2, -0.15) is 0 Å². The van der Waals surface area contributed by atoms with Gasteiger partial charge in [0, 0.05) is 30.7 Å². The van der Waals surface area contributed by atoms with Crippen molar-refractivity contribution < 1.29 is 19.1 Å². The molecule has 1 atom stereocenters. The molecule has 10 heteroatoms. The average Bonchev–Trinajstić information content (AvgIpc) is 3.47. The first-order valence-electron chi connectivity index (χ1n) is 9.33. The topological polar surface area (TPSA) is 123 Å². The number of carbonyl (C=O) groups is 1. The molecule has 0 unspecified atom stereocenters. The largest absolute Gasteiger partial charge is 0.477 e. The second-order valence-corrected chi connectivity index (χ2v) is 7.82. The Hall–Kier alpha value is -3.01. The predicted octanol–water partition coefficient (Wildman–Crippen LogP) is 1.99. The van der Waals surface area contributed by atoms with Gasteiger partial charge in [0.2, 0.25) is 5.43 Å². The van der Waals surface area contributed by atoms with E-state index in [1.54, 1.807) is 9.47 Å². The third-order valence-corrected chi connectivity index (χ3v) is 5.64. The van der Waals surface area contributed by atoms with E-state index in [-0.39, 0.29) is 42.4 Å². The van der Waals surface area contributed by atoms with Crippen molar-refractivity contribution in [2.45, 2.75) is 33.2 Å². The molecular formula is C20H26FN5O4. The lowest BCUT2D eigenvalue weighted by Gasteiger charge is -2.23. The van der Waals surface area contributed by atoms with Crippen molar-refractivity contribution in [3.8, 4) is 0 Å². The predicted molar refractivity (Wildman–Crippen MR) is 112 cm³/mol. The second-order valence-electron chi connectivity index (χ2n) is 7.82. The first kappa shape index (κ1) is 21.7. The number of fused-ring (bicyclic) bond motifs is 1. The van der Waals surface area contributed by atoms with Crippen LogP contribution in [0.5, 0.6) is 0 Å². The number of pyridine rings is 2. The van der Waals surface area contributed by atoms with Gasteiger partial charge in [0.15, 0.2) is 11.6 Å². The van der Waals surface area contributed by atoms with Crippen molar-refractivity contribution in [2.75, 3.05) is 31.6 Å². The Balaban J connectivity index is 0.00000256. The van der Waals surface area contributed by atoms with Gasteiger partial charge < -0.3 is 25.1 Å². The van der Waals surface area contributed by atoms with E-state index in [1.165, 1.54) is 13.3 Å². The third kappa shape index (κ3) is 3.41. The minimum atomic E-state index is -1.34. The molecule has 0 spiro atoms. The SMILES string of the molecule is C.CO/N=C1/CN(c2nc3c(cc2F)c(=O)c(C(=O)O)cn3C2CC2)C[C@@]1(C)CN. The Morgan fingerprint density at radius 2 is 2.20 bits per heavy atom. The van der Waals surface area contributed by atoms with Gasteiger partial charge in [0.25, 0.3) is 0 Å². The fourth-order valence-corrected chi connectivity index (χ4v) is 3.76. The van der Waals surface area contributed by atoms with E-state index in [0.717, 1.165) is 18.9 Å². The van der Waals surface area contributed by atoms with Gasteiger partial charge in [0.05, 0.1) is 17.6 Å². The summed E-state index contributed by atoms with van der Waals surface area (Å²) in [5.41, 5.74) is 5.26. The molecule has 2 aromatic heterocycles. The van der Waals surface area contributed by atoms with E-state index in [2.05, 4.69) is 10.1 Å². The Labute approximate surface area is 172 Å². The van der Waals surface area contributed by atoms with Crippen LogP contribution in [0, 0.1) is 11.2 Å². The molecule has 1 saturated heterocycles. The number of aromatic nitrogens is 2. The molecule has 30 heavy (non-hydrogen) atoms. The second kappa shape index (κ2) is 7.67. The highest BCUT2D eigenvalue weighted by Gasteiger charge is 2.41. The molecule has 0 bridgehead atoms. The molecule has 2 fully saturated rings. The van der Waals surface area contributed by atoms with Crippen LogP contribution in [0.4, 0.5) is 10.2 Å². The maximum atomic E-state index is 15.0. The van der Waals surface area contributed by atoms with Crippen molar-refractivity contribution in [3.63, 3.8) is 0 Å². The van der Waals surface area contributed by atoms with E-state index >= 15 is 0 Å². The zero-order valence-electron chi connectivity index (χ0n) is 16.2. The Bertz CT molecular complexity index is 1090. The molecule has 2 aromatic rings. The minimum Gasteiger partial charge on any atom is -0.477 e. The molecule has 1 aliphatic carbocycles. The number of aromatic carboxylic acids is 1. The number of halogens is 1. The summed E-state index contributed by atoms with van der Waals surface area (Å²) in [6.45, 7) is 2.90.